The van der Waals surface area contributed by atoms with Crippen LogP contribution in [0.3, 0.4) is 0 Å². The van der Waals surface area contributed by atoms with Gasteiger partial charge in [-0.3, -0.25) is 4.79 Å². The maximum absolute atomic E-state index is 11.3. The van der Waals surface area contributed by atoms with Crippen LogP contribution in [0.15, 0.2) is 24.3 Å². The smallest absolute Gasteiger partial charge is 0.221 e. The molecule has 0 radical (unpaired) electrons. The molecule has 0 aliphatic rings. The molecule has 1 rings (SSSR count). The Kier molecular flexibility index (Phi) is 8.75. The van der Waals surface area contributed by atoms with Gasteiger partial charge in [0.2, 0.25) is 5.91 Å². The van der Waals surface area contributed by atoms with Crippen molar-refractivity contribution in [2.45, 2.75) is 12.5 Å². The highest BCUT2D eigenvalue weighted by Crippen LogP contribution is 2.16. The van der Waals surface area contributed by atoms with E-state index in [1.807, 2.05) is 0 Å². The van der Waals surface area contributed by atoms with E-state index in [0.29, 0.717) is 23.6 Å². The molecule has 0 saturated heterocycles. The second-order valence-corrected chi connectivity index (χ2v) is 4.16. The third-order valence-corrected chi connectivity index (χ3v) is 2.56. The summed E-state index contributed by atoms with van der Waals surface area (Å²) in [7, 11) is 1.79. The van der Waals surface area contributed by atoms with Gasteiger partial charge in [0.05, 0.1) is 6.10 Å². The van der Waals surface area contributed by atoms with Gasteiger partial charge in [-0.15, -0.1) is 12.4 Å². The average molecular weight is 293 g/mol. The lowest BCUT2D eigenvalue weighted by atomic mass is 10.1. The van der Waals surface area contributed by atoms with Crippen LogP contribution in [-0.2, 0) is 4.79 Å². The zero-order valence-corrected chi connectivity index (χ0v) is 11.7. The number of rotatable bonds is 6. The Morgan fingerprint density at radius 2 is 2.22 bits per heavy atom. The van der Waals surface area contributed by atoms with E-state index in [1.165, 1.54) is 0 Å². The Labute approximate surface area is 118 Å². The van der Waals surface area contributed by atoms with Crippen molar-refractivity contribution in [3.05, 3.63) is 34.9 Å². The number of hydrogen-bond acceptors (Lipinski definition) is 3. The molecule has 102 valence electrons. The summed E-state index contributed by atoms with van der Waals surface area (Å²) in [5.74, 6) is -0.0829. The van der Waals surface area contributed by atoms with E-state index in [9.17, 15) is 9.90 Å². The molecule has 0 heterocycles. The van der Waals surface area contributed by atoms with Crippen LogP contribution < -0.4 is 10.6 Å². The molecule has 1 unspecified atom stereocenters. The summed E-state index contributed by atoms with van der Waals surface area (Å²) in [6, 6.07) is 6.97. The lowest BCUT2D eigenvalue weighted by Gasteiger charge is -2.12. The zero-order chi connectivity index (χ0) is 12.7. The molecular formula is C12H18Cl2N2O2. The predicted molar refractivity (Wildman–Crippen MR) is 75.2 cm³/mol. The minimum Gasteiger partial charge on any atom is -0.387 e. The van der Waals surface area contributed by atoms with Gasteiger partial charge in [0.15, 0.2) is 0 Å². The summed E-state index contributed by atoms with van der Waals surface area (Å²) >= 11 is 5.81. The highest BCUT2D eigenvalue weighted by molar-refractivity contribution is 6.30. The molecule has 1 atom stereocenters. The van der Waals surface area contributed by atoms with Crippen LogP contribution in [0.5, 0.6) is 0 Å². The Morgan fingerprint density at radius 1 is 1.50 bits per heavy atom. The van der Waals surface area contributed by atoms with Crippen molar-refractivity contribution < 1.29 is 9.90 Å². The molecule has 0 aliphatic heterocycles. The van der Waals surface area contributed by atoms with E-state index < -0.39 is 6.10 Å². The molecule has 0 bridgehead atoms. The van der Waals surface area contributed by atoms with Crippen molar-refractivity contribution in [3.8, 4) is 0 Å². The van der Waals surface area contributed by atoms with Gasteiger partial charge in [0.1, 0.15) is 0 Å². The van der Waals surface area contributed by atoms with Crippen LogP contribution >= 0.6 is 24.0 Å². The van der Waals surface area contributed by atoms with Crippen molar-refractivity contribution in [2.24, 2.45) is 0 Å². The lowest BCUT2D eigenvalue weighted by Crippen LogP contribution is -2.30. The largest absolute Gasteiger partial charge is 0.387 e. The van der Waals surface area contributed by atoms with Crippen LogP contribution in [0.25, 0.3) is 0 Å². The molecule has 0 fully saturated rings. The molecule has 6 heteroatoms. The summed E-state index contributed by atoms with van der Waals surface area (Å²) in [5, 5.41) is 16.0. The van der Waals surface area contributed by atoms with E-state index in [1.54, 1.807) is 31.3 Å². The Balaban J connectivity index is 0.00000289. The van der Waals surface area contributed by atoms with Gasteiger partial charge in [-0.2, -0.15) is 0 Å². The molecular weight excluding hydrogens is 275 g/mol. The van der Waals surface area contributed by atoms with Gasteiger partial charge in [-0.25, -0.2) is 0 Å². The van der Waals surface area contributed by atoms with E-state index in [-0.39, 0.29) is 24.9 Å². The molecule has 0 aliphatic carbocycles. The molecule has 18 heavy (non-hydrogen) atoms. The van der Waals surface area contributed by atoms with Crippen molar-refractivity contribution in [1.82, 2.24) is 10.6 Å². The molecule has 1 aromatic rings. The molecule has 1 amide bonds. The van der Waals surface area contributed by atoms with E-state index >= 15 is 0 Å². The van der Waals surface area contributed by atoms with Gasteiger partial charge >= 0.3 is 0 Å². The van der Waals surface area contributed by atoms with Gasteiger partial charge in [-0.1, -0.05) is 23.7 Å². The molecule has 3 N–H and O–H groups in total. The number of carbonyl (C=O) groups is 1. The Bertz CT molecular complexity index is 375. The average Bonchev–Trinajstić information content (AvgIpc) is 2.33. The summed E-state index contributed by atoms with van der Waals surface area (Å²) in [5.41, 5.74) is 0.700. The predicted octanol–water partition coefficient (Wildman–Crippen LogP) is 1.52. The fourth-order valence-corrected chi connectivity index (χ4v) is 1.57. The third-order valence-electron chi connectivity index (χ3n) is 2.33. The molecule has 0 saturated carbocycles. The first-order valence-electron chi connectivity index (χ1n) is 5.48. The van der Waals surface area contributed by atoms with Crippen molar-refractivity contribution in [1.29, 1.82) is 0 Å². The number of benzene rings is 1. The first-order chi connectivity index (χ1) is 8.13. The van der Waals surface area contributed by atoms with Crippen molar-refractivity contribution in [2.75, 3.05) is 20.1 Å². The summed E-state index contributed by atoms with van der Waals surface area (Å²) < 4.78 is 0. The van der Waals surface area contributed by atoms with E-state index in [4.69, 9.17) is 11.6 Å². The SMILES string of the molecule is CNCCC(=O)NCC(O)c1cccc(Cl)c1.Cl. The summed E-state index contributed by atoms with van der Waals surface area (Å²) in [4.78, 5) is 11.3. The summed E-state index contributed by atoms with van der Waals surface area (Å²) in [6.07, 6.45) is -0.328. The number of carbonyl (C=O) groups excluding carboxylic acids is 1. The number of halogens is 2. The first-order valence-corrected chi connectivity index (χ1v) is 5.86. The number of amides is 1. The van der Waals surface area contributed by atoms with Crippen LogP contribution in [0, 0.1) is 0 Å². The minimum atomic E-state index is -0.729. The van der Waals surface area contributed by atoms with Crippen molar-refractivity contribution in [3.63, 3.8) is 0 Å². The normalized spacial score (nSPS) is 11.5. The van der Waals surface area contributed by atoms with Gasteiger partial charge in [-0.05, 0) is 24.7 Å². The van der Waals surface area contributed by atoms with Gasteiger partial charge in [0.25, 0.3) is 0 Å². The van der Waals surface area contributed by atoms with E-state index in [0.717, 1.165) is 0 Å². The highest BCUT2D eigenvalue weighted by atomic mass is 35.5. The molecule has 0 spiro atoms. The zero-order valence-electron chi connectivity index (χ0n) is 10.1. The van der Waals surface area contributed by atoms with Crippen LogP contribution in [-0.4, -0.2) is 31.2 Å². The molecule has 0 aromatic heterocycles. The van der Waals surface area contributed by atoms with Crippen molar-refractivity contribution >= 4 is 29.9 Å². The maximum atomic E-state index is 11.3. The standard InChI is InChI=1S/C12H17ClN2O2.ClH/c1-14-6-5-12(17)15-8-11(16)9-3-2-4-10(13)7-9;/h2-4,7,11,14,16H,5-6,8H2,1H3,(H,15,17);1H. The Morgan fingerprint density at radius 3 is 2.83 bits per heavy atom. The van der Waals surface area contributed by atoms with Gasteiger partial charge < -0.3 is 15.7 Å². The fourth-order valence-electron chi connectivity index (χ4n) is 1.37. The lowest BCUT2D eigenvalue weighted by molar-refractivity contribution is -0.121. The second-order valence-electron chi connectivity index (χ2n) is 3.73. The number of nitrogens with one attached hydrogen (secondary N) is 2. The van der Waals surface area contributed by atoms with Gasteiger partial charge in [0, 0.05) is 24.5 Å². The number of hydrogen-bond donors (Lipinski definition) is 3. The van der Waals surface area contributed by atoms with Crippen LogP contribution in [0.1, 0.15) is 18.1 Å². The number of aliphatic hydroxyl groups excluding tert-OH is 1. The quantitative estimate of drug-likeness (QED) is 0.745. The second kappa shape index (κ2) is 9.16. The fraction of sp³-hybridized carbons (Fsp3) is 0.417. The van der Waals surface area contributed by atoms with Crippen LogP contribution in [0.2, 0.25) is 5.02 Å². The van der Waals surface area contributed by atoms with Crippen LogP contribution in [0.4, 0.5) is 0 Å². The summed E-state index contributed by atoms with van der Waals surface area (Å²) in [6.45, 7) is 0.821. The number of aliphatic hydroxyl groups is 1. The monoisotopic (exact) mass is 292 g/mol. The molecule has 1 aromatic carbocycles. The topological polar surface area (TPSA) is 61.4 Å². The Hall–Kier alpha value is -0.810. The highest BCUT2D eigenvalue weighted by Gasteiger charge is 2.09. The van der Waals surface area contributed by atoms with E-state index in [2.05, 4.69) is 10.6 Å². The minimum absolute atomic E-state index is 0. The third kappa shape index (κ3) is 6.21. The molecule has 4 nitrogen and oxygen atoms in total. The first kappa shape index (κ1) is 17.2. The maximum Gasteiger partial charge on any atom is 0.221 e.